The van der Waals surface area contributed by atoms with Crippen LogP contribution in [-0.2, 0) is 16.0 Å². The van der Waals surface area contributed by atoms with E-state index in [-0.39, 0.29) is 12.0 Å². The van der Waals surface area contributed by atoms with Gasteiger partial charge in [0.25, 0.3) is 0 Å². The van der Waals surface area contributed by atoms with Crippen molar-refractivity contribution in [2.45, 2.75) is 25.3 Å². The lowest BCUT2D eigenvalue weighted by Gasteiger charge is -2.30. The first-order valence-corrected chi connectivity index (χ1v) is 6.16. The molecule has 0 unspecified atom stereocenters. The first-order valence-electron chi connectivity index (χ1n) is 6.16. The molecule has 2 atom stereocenters. The number of carbonyl (C=O) groups is 1. The van der Waals surface area contributed by atoms with Gasteiger partial charge in [-0.05, 0) is 37.3 Å². The van der Waals surface area contributed by atoms with Crippen molar-refractivity contribution in [2.24, 2.45) is 5.92 Å². The van der Waals surface area contributed by atoms with Crippen molar-refractivity contribution in [1.29, 1.82) is 0 Å². The third-order valence-electron chi connectivity index (χ3n) is 3.38. The monoisotopic (exact) mass is 233 g/mol. The van der Waals surface area contributed by atoms with Crippen LogP contribution in [0.5, 0.6) is 0 Å². The highest BCUT2D eigenvalue weighted by Crippen LogP contribution is 2.22. The van der Waals surface area contributed by atoms with E-state index >= 15 is 0 Å². The van der Waals surface area contributed by atoms with Crippen LogP contribution < -0.4 is 5.32 Å². The molecule has 0 spiro atoms. The highest BCUT2D eigenvalue weighted by atomic mass is 16.5. The van der Waals surface area contributed by atoms with Gasteiger partial charge in [-0.3, -0.25) is 4.79 Å². The van der Waals surface area contributed by atoms with Crippen LogP contribution in [0.2, 0.25) is 0 Å². The second-order valence-electron chi connectivity index (χ2n) is 4.55. The van der Waals surface area contributed by atoms with Gasteiger partial charge in [0.1, 0.15) is 6.04 Å². The van der Waals surface area contributed by atoms with E-state index in [0.717, 1.165) is 25.8 Å². The summed E-state index contributed by atoms with van der Waals surface area (Å²) in [6.45, 7) is 0.908. The van der Waals surface area contributed by atoms with E-state index in [1.54, 1.807) is 0 Å². The molecule has 0 aliphatic carbocycles. The molecule has 0 aromatic heterocycles. The van der Waals surface area contributed by atoms with Gasteiger partial charge in [-0.25, -0.2) is 0 Å². The highest BCUT2D eigenvalue weighted by molar-refractivity contribution is 5.76. The molecule has 92 valence electrons. The van der Waals surface area contributed by atoms with Crippen molar-refractivity contribution < 1.29 is 9.53 Å². The number of methoxy groups -OCH3 is 1. The van der Waals surface area contributed by atoms with Crippen molar-refractivity contribution in [3.05, 3.63) is 35.9 Å². The molecular weight excluding hydrogens is 214 g/mol. The topological polar surface area (TPSA) is 38.3 Å². The minimum Gasteiger partial charge on any atom is -0.468 e. The molecule has 0 amide bonds. The molecule has 17 heavy (non-hydrogen) atoms. The molecule has 0 saturated carbocycles. The minimum absolute atomic E-state index is 0.134. The van der Waals surface area contributed by atoms with Crippen LogP contribution in [0, 0.1) is 5.92 Å². The second-order valence-corrected chi connectivity index (χ2v) is 4.55. The molecule has 0 radical (unpaired) electrons. The van der Waals surface area contributed by atoms with Crippen molar-refractivity contribution in [3.63, 3.8) is 0 Å². The molecule has 1 aliphatic heterocycles. The number of benzene rings is 1. The molecular formula is C14H19NO2. The highest BCUT2D eigenvalue weighted by Gasteiger charge is 2.31. The van der Waals surface area contributed by atoms with E-state index in [0.29, 0.717) is 5.92 Å². The third kappa shape index (κ3) is 3.07. The summed E-state index contributed by atoms with van der Waals surface area (Å²) >= 11 is 0. The Bertz CT molecular complexity index is 364. The molecule has 1 fully saturated rings. The molecule has 1 aromatic rings. The summed E-state index contributed by atoms with van der Waals surface area (Å²) in [5.41, 5.74) is 1.29. The van der Waals surface area contributed by atoms with Crippen molar-refractivity contribution in [2.75, 3.05) is 13.7 Å². The molecule has 1 aromatic carbocycles. The average molecular weight is 233 g/mol. The van der Waals surface area contributed by atoms with Gasteiger partial charge in [-0.2, -0.15) is 0 Å². The Hall–Kier alpha value is -1.35. The molecule has 0 bridgehead atoms. The number of nitrogens with one attached hydrogen (secondary N) is 1. The minimum atomic E-state index is -0.144. The van der Waals surface area contributed by atoms with Gasteiger partial charge in [0.2, 0.25) is 0 Å². The number of esters is 1. The van der Waals surface area contributed by atoms with E-state index in [4.69, 9.17) is 4.74 Å². The maximum atomic E-state index is 11.7. The van der Waals surface area contributed by atoms with Crippen LogP contribution in [-0.4, -0.2) is 25.7 Å². The number of piperidine rings is 1. The number of rotatable bonds is 3. The Morgan fingerprint density at radius 2 is 2.18 bits per heavy atom. The molecule has 3 nitrogen and oxygen atoms in total. The zero-order valence-corrected chi connectivity index (χ0v) is 10.2. The van der Waals surface area contributed by atoms with Crippen molar-refractivity contribution in [3.8, 4) is 0 Å². The first-order chi connectivity index (χ1) is 8.31. The van der Waals surface area contributed by atoms with Crippen LogP contribution in [0.1, 0.15) is 18.4 Å². The summed E-state index contributed by atoms with van der Waals surface area (Å²) < 4.78 is 4.86. The average Bonchev–Trinajstić information content (AvgIpc) is 2.40. The Morgan fingerprint density at radius 1 is 1.41 bits per heavy atom. The van der Waals surface area contributed by atoms with Crippen LogP contribution in [0.3, 0.4) is 0 Å². The number of carbonyl (C=O) groups excluding carboxylic acids is 1. The van der Waals surface area contributed by atoms with Crippen LogP contribution in [0.4, 0.5) is 0 Å². The van der Waals surface area contributed by atoms with E-state index < -0.39 is 0 Å². The van der Waals surface area contributed by atoms with E-state index in [1.165, 1.54) is 12.7 Å². The summed E-state index contributed by atoms with van der Waals surface area (Å²) in [7, 11) is 1.46. The van der Waals surface area contributed by atoms with Gasteiger partial charge in [-0.1, -0.05) is 30.3 Å². The largest absolute Gasteiger partial charge is 0.468 e. The summed E-state index contributed by atoms with van der Waals surface area (Å²) in [5, 5.41) is 3.27. The van der Waals surface area contributed by atoms with Crippen LogP contribution >= 0.6 is 0 Å². The van der Waals surface area contributed by atoms with Gasteiger partial charge in [0.05, 0.1) is 7.11 Å². The summed E-state index contributed by atoms with van der Waals surface area (Å²) in [6, 6.07) is 10.2. The second kappa shape index (κ2) is 5.82. The van der Waals surface area contributed by atoms with Crippen molar-refractivity contribution >= 4 is 5.97 Å². The number of ether oxygens (including phenoxy) is 1. The lowest BCUT2D eigenvalue weighted by molar-refractivity contribution is -0.145. The Morgan fingerprint density at radius 3 is 2.88 bits per heavy atom. The van der Waals surface area contributed by atoms with Gasteiger partial charge in [-0.15, -0.1) is 0 Å². The van der Waals surface area contributed by atoms with E-state index in [1.807, 2.05) is 18.2 Å². The van der Waals surface area contributed by atoms with Crippen molar-refractivity contribution in [1.82, 2.24) is 5.32 Å². The zero-order valence-electron chi connectivity index (χ0n) is 10.2. The maximum Gasteiger partial charge on any atom is 0.323 e. The Labute approximate surface area is 102 Å². The molecule has 1 N–H and O–H groups in total. The third-order valence-corrected chi connectivity index (χ3v) is 3.38. The first kappa shape index (κ1) is 12.1. The summed E-state index contributed by atoms with van der Waals surface area (Å²) in [5.74, 6) is 0.212. The molecule has 2 rings (SSSR count). The lowest BCUT2D eigenvalue weighted by atomic mass is 9.85. The van der Waals surface area contributed by atoms with Gasteiger partial charge in [0.15, 0.2) is 0 Å². The number of hydrogen-bond donors (Lipinski definition) is 1. The zero-order chi connectivity index (χ0) is 12.1. The van der Waals surface area contributed by atoms with Gasteiger partial charge >= 0.3 is 5.97 Å². The van der Waals surface area contributed by atoms with E-state index in [9.17, 15) is 4.79 Å². The number of hydrogen-bond acceptors (Lipinski definition) is 3. The van der Waals surface area contributed by atoms with Gasteiger partial charge in [0, 0.05) is 0 Å². The molecule has 1 heterocycles. The van der Waals surface area contributed by atoms with E-state index in [2.05, 4.69) is 17.4 Å². The fraction of sp³-hybridized carbons (Fsp3) is 0.500. The van der Waals surface area contributed by atoms with Gasteiger partial charge < -0.3 is 10.1 Å². The standard InChI is InChI=1S/C14H19NO2/c1-17-14(16)13-12(8-5-9-15-13)10-11-6-3-2-4-7-11/h2-4,6-7,12-13,15H,5,8-10H2,1H3/t12-,13+/m1/s1. The van der Waals surface area contributed by atoms with Crippen LogP contribution in [0.25, 0.3) is 0 Å². The molecule has 3 heteroatoms. The lowest BCUT2D eigenvalue weighted by Crippen LogP contribution is -2.48. The van der Waals surface area contributed by atoms with Crippen LogP contribution in [0.15, 0.2) is 30.3 Å². The Kier molecular flexibility index (Phi) is 4.15. The normalized spacial score (nSPS) is 24.3. The predicted molar refractivity (Wildman–Crippen MR) is 66.7 cm³/mol. The molecule has 1 saturated heterocycles. The smallest absolute Gasteiger partial charge is 0.323 e. The summed E-state index contributed by atoms with van der Waals surface area (Å²) in [6.07, 6.45) is 3.15. The predicted octanol–water partition coefficient (Wildman–Crippen LogP) is 1.77. The fourth-order valence-corrected chi connectivity index (χ4v) is 2.49. The molecule has 1 aliphatic rings. The fourth-order valence-electron chi connectivity index (χ4n) is 2.49. The maximum absolute atomic E-state index is 11.7. The SMILES string of the molecule is COC(=O)[C@H]1NCCC[C@@H]1Cc1ccccc1. The Balaban J connectivity index is 2.04. The summed E-state index contributed by atoms with van der Waals surface area (Å²) in [4.78, 5) is 11.7. The quantitative estimate of drug-likeness (QED) is 0.809.